The summed E-state index contributed by atoms with van der Waals surface area (Å²) in [5.74, 6) is -0.709. The fraction of sp³-hybridized carbons (Fsp3) is 0.115. The number of ether oxygens (including phenoxy) is 1. The van der Waals surface area contributed by atoms with Crippen molar-refractivity contribution in [3.63, 3.8) is 0 Å². The van der Waals surface area contributed by atoms with Gasteiger partial charge in [0.05, 0.1) is 28.3 Å². The van der Waals surface area contributed by atoms with Crippen LogP contribution in [0.3, 0.4) is 0 Å². The standard InChI is InChI=1S/C26H21Cl2N3O6S/c1-3-16-22(38(34,35)36)11-9-19(23(16)28)30-31-24-17-7-5-4-6-14(17)12-18(25(24)32)26(33)29-20-13-15(27)8-10-21(20)37-2/h4-13,32H,3H2,1-2H3,(H,29,33)(H,34,35,36). The molecule has 0 saturated carbocycles. The SMILES string of the molecule is CCc1c(S(=O)(=O)O)ccc(N=Nc2c(O)c(C(=O)Nc3cc(Cl)ccc3OC)cc3ccccc23)c1Cl. The van der Waals surface area contributed by atoms with Gasteiger partial charge >= 0.3 is 0 Å². The minimum atomic E-state index is -4.49. The molecule has 0 radical (unpaired) electrons. The van der Waals surface area contributed by atoms with Gasteiger partial charge in [0.25, 0.3) is 16.0 Å². The molecule has 1 amide bonds. The molecule has 0 aliphatic carbocycles. The highest BCUT2D eigenvalue weighted by molar-refractivity contribution is 7.85. The molecule has 0 aliphatic rings. The normalized spacial score (nSPS) is 11.7. The number of phenolic OH excluding ortho intramolecular Hbond substituents is 1. The van der Waals surface area contributed by atoms with Gasteiger partial charge in [-0.05, 0) is 53.8 Å². The van der Waals surface area contributed by atoms with E-state index >= 15 is 0 Å². The van der Waals surface area contributed by atoms with Crippen molar-refractivity contribution in [3.05, 3.63) is 81.8 Å². The van der Waals surface area contributed by atoms with Crippen molar-refractivity contribution in [2.24, 2.45) is 10.2 Å². The highest BCUT2D eigenvalue weighted by Gasteiger charge is 2.21. The van der Waals surface area contributed by atoms with Crippen LogP contribution in [0.4, 0.5) is 17.1 Å². The number of nitrogens with zero attached hydrogens (tertiary/aromatic N) is 2. The molecule has 0 fully saturated rings. The Morgan fingerprint density at radius 1 is 1.05 bits per heavy atom. The average molecular weight is 574 g/mol. The Kier molecular flexibility index (Phi) is 7.89. The third kappa shape index (κ3) is 5.44. The Morgan fingerprint density at radius 2 is 1.79 bits per heavy atom. The first-order valence-corrected chi connectivity index (χ1v) is 13.3. The molecule has 4 aromatic carbocycles. The van der Waals surface area contributed by atoms with Crippen LogP contribution >= 0.6 is 23.2 Å². The molecule has 3 N–H and O–H groups in total. The first-order valence-electron chi connectivity index (χ1n) is 11.1. The number of halogens is 2. The molecule has 0 bridgehead atoms. The number of hydrogen-bond acceptors (Lipinski definition) is 7. The van der Waals surface area contributed by atoms with Gasteiger partial charge in [0.1, 0.15) is 17.1 Å². The lowest BCUT2D eigenvalue weighted by Gasteiger charge is -2.13. The summed E-state index contributed by atoms with van der Waals surface area (Å²) in [6, 6.07) is 15.6. The van der Waals surface area contributed by atoms with Gasteiger partial charge in [0.2, 0.25) is 0 Å². The molecule has 0 aliphatic heterocycles. The van der Waals surface area contributed by atoms with Crippen LogP contribution in [-0.4, -0.2) is 31.1 Å². The van der Waals surface area contributed by atoms with Crippen LogP contribution in [0, 0.1) is 0 Å². The summed E-state index contributed by atoms with van der Waals surface area (Å²) in [5, 5.41) is 23.6. The molecule has 0 unspecified atom stereocenters. The van der Waals surface area contributed by atoms with Gasteiger partial charge in [-0.25, -0.2) is 0 Å². The van der Waals surface area contributed by atoms with Gasteiger partial charge in [0, 0.05) is 10.4 Å². The lowest BCUT2D eigenvalue weighted by atomic mass is 10.0. The van der Waals surface area contributed by atoms with Gasteiger partial charge in [-0.2, -0.15) is 8.42 Å². The second-order valence-electron chi connectivity index (χ2n) is 8.05. The summed E-state index contributed by atoms with van der Waals surface area (Å²) in [5.41, 5.74) is 0.501. The van der Waals surface area contributed by atoms with Crippen molar-refractivity contribution in [3.8, 4) is 11.5 Å². The molecule has 38 heavy (non-hydrogen) atoms. The van der Waals surface area contributed by atoms with Gasteiger partial charge in [0.15, 0.2) is 5.75 Å². The van der Waals surface area contributed by atoms with E-state index in [4.69, 9.17) is 27.9 Å². The Labute approximate surface area is 228 Å². The third-order valence-electron chi connectivity index (χ3n) is 5.72. The van der Waals surface area contributed by atoms with Crippen molar-refractivity contribution in [2.45, 2.75) is 18.2 Å². The van der Waals surface area contributed by atoms with E-state index in [1.165, 1.54) is 31.4 Å². The van der Waals surface area contributed by atoms with E-state index in [1.807, 2.05) is 0 Å². The summed E-state index contributed by atoms with van der Waals surface area (Å²) in [6.07, 6.45) is 0.202. The summed E-state index contributed by atoms with van der Waals surface area (Å²) in [6.45, 7) is 1.67. The quantitative estimate of drug-likeness (QED) is 0.156. The molecule has 9 nitrogen and oxygen atoms in total. The zero-order valence-corrected chi connectivity index (χ0v) is 22.4. The molecular weight excluding hydrogens is 553 g/mol. The van der Waals surface area contributed by atoms with Crippen molar-refractivity contribution in [2.75, 3.05) is 12.4 Å². The number of fused-ring (bicyclic) bond motifs is 1. The largest absolute Gasteiger partial charge is 0.505 e. The number of aromatic hydroxyl groups is 1. The maximum atomic E-state index is 13.2. The Bertz CT molecular complexity index is 1710. The summed E-state index contributed by atoms with van der Waals surface area (Å²) in [7, 11) is -3.05. The Balaban J connectivity index is 1.81. The number of amides is 1. The number of nitrogens with one attached hydrogen (secondary N) is 1. The number of methoxy groups -OCH3 is 1. The molecule has 4 aromatic rings. The summed E-state index contributed by atoms with van der Waals surface area (Å²) in [4.78, 5) is 12.9. The first-order chi connectivity index (χ1) is 18.0. The van der Waals surface area contributed by atoms with Gasteiger partial charge in [-0.3, -0.25) is 9.35 Å². The zero-order chi connectivity index (χ0) is 27.6. The van der Waals surface area contributed by atoms with E-state index in [9.17, 15) is 22.9 Å². The highest BCUT2D eigenvalue weighted by Crippen LogP contribution is 2.41. The van der Waals surface area contributed by atoms with E-state index in [0.717, 1.165) is 0 Å². The van der Waals surface area contributed by atoms with Crippen LogP contribution in [0.25, 0.3) is 10.8 Å². The topological polar surface area (TPSA) is 138 Å². The Hall–Kier alpha value is -3.70. The van der Waals surface area contributed by atoms with Crippen molar-refractivity contribution in [1.82, 2.24) is 0 Å². The summed E-state index contributed by atoms with van der Waals surface area (Å²) < 4.78 is 38.2. The van der Waals surface area contributed by atoms with Gasteiger partial charge < -0.3 is 15.2 Å². The number of carbonyl (C=O) groups excluding carboxylic acids is 1. The molecule has 0 aromatic heterocycles. The van der Waals surface area contributed by atoms with Gasteiger partial charge in [-0.15, -0.1) is 10.2 Å². The van der Waals surface area contributed by atoms with E-state index in [1.54, 1.807) is 43.3 Å². The molecule has 0 saturated heterocycles. The summed E-state index contributed by atoms with van der Waals surface area (Å²) >= 11 is 12.4. The maximum absolute atomic E-state index is 13.2. The van der Waals surface area contributed by atoms with Gasteiger partial charge in [-0.1, -0.05) is 54.4 Å². The molecular formula is C26H21Cl2N3O6S. The predicted octanol–water partition coefficient (Wildman–Crippen LogP) is 7.34. The fourth-order valence-electron chi connectivity index (χ4n) is 3.90. The van der Waals surface area contributed by atoms with Crippen molar-refractivity contribution >= 4 is 67.1 Å². The van der Waals surface area contributed by atoms with Crippen LogP contribution in [0.1, 0.15) is 22.8 Å². The lowest BCUT2D eigenvalue weighted by molar-refractivity contribution is 0.102. The highest BCUT2D eigenvalue weighted by atomic mass is 35.5. The minimum absolute atomic E-state index is 0.000666. The molecule has 0 spiro atoms. The molecule has 196 valence electrons. The minimum Gasteiger partial charge on any atom is -0.505 e. The number of phenols is 1. The van der Waals surface area contributed by atoms with E-state index in [2.05, 4.69) is 15.5 Å². The van der Waals surface area contributed by atoms with Crippen molar-refractivity contribution in [1.29, 1.82) is 0 Å². The number of hydrogen-bond donors (Lipinski definition) is 3. The second-order valence-corrected chi connectivity index (χ2v) is 10.2. The molecule has 4 rings (SSSR count). The predicted molar refractivity (Wildman–Crippen MR) is 146 cm³/mol. The van der Waals surface area contributed by atoms with Crippen LogP contribution in [-0.2, 0) is 16.5 Å². The fourth-order valence-corrected chi connectivity index (χ4v) is 5.26. The monoisotopic (exact) mass is 573 g/mol. The number of rotatable bonds is 7. The molecule has 12 heteroatoms. The second kappa shape index (κ2) is 11.0. The Morgan fingerprint density at radius 3 is 2.47 bits per heavy atom. The number of carbonyl (C=O) groups is 1. The average Bonchev–Trinajstić information content (AvgIpc) is 2.87. The van der Waals surface area contributed by atoms with Crippen LogP contribution in [0.2, 0.25) is 10.0 Å². The number of azo groups is 1. The molecule has 0 atom stereocenters. The smallest absolute Gasteiger partial charge is 0.294 e. The van der Waals surface area contributed by atoms with E-state index < -0.39 is 21.8 Å². The van der Waals surface area contributed by atoms with Crippen LogP contribution in [0.15, 0.2) is 75.8 Å². The van der Waals surface area contributed by atoms with Crippen LogP contribution < -0.4 is 10.1 Å². The lowest BCUT2D eigenvalue weighted by Crippen LogP contribution is -2.13. The number of benzene rings is 4. The third-order valence-corrected chi connectivity index (χ3v) is 7.31. The molecule has 0 heterocycles. The van der Waals surface area contributed by atoms with E-state index in [0.29, 0.717) is 27.2 Å². The maximum Gasteiger partial charge on any atom is 0.294 e. The van der Waals surface area contributed by atoms with Crippen LogP contribution in [0.5, 0.6) is 11.5 Å². The zero-order valence-electron chi connectivity index (χ0n) is 20.1. The van der Waals surface area contributed by atoms with E-state index in [-0.39, 0.29) is 38.8 Å². The number of anilines is 1. The van der Waals surface area contributed by atoms with Crippen molar-refractivity contribution < 1.29 is 27.6 Å². The first kappa shape index (κ1) is 27.3.